The Kier molecular flexibility index (Phi) is 6.09. The zero-order valence-electron chi connectivity index (χ0n) is 16.7. The van der Waals surface area contributed by atoms with Crippen molar-refractivity contribution >= 4 is 29.3 Å². The number of likely N-dealkylation sites (tertiary alicyclic amines) is 1. The first-order chi connectivity index (χ1) is 14.2. The molecule has 4 rings (SSSR count). The SMILES string of the molecule is COc1ccc(C2CCCCCN2C(=O)CN2C(=O)CSc3ccccc32)cc1. The molecule has 0 spiro atoms. The number of fused-ring (bicyclic) bond motifs is 1. The van der Waals surface area contributed by atoms with Crippen molar-refractivity contribution in [1.29, 1.82) is 0 Å². The van der Waals surface area contributed by atoms with Crippen molar-refractivity contribution in [2.24, 2.45) is 0 Å². The minimum atomic E-state index is -0.00197. The summed E-state index contributed by atoms with van der Waals surface area (Å²) in [5.74, 6) is 1.21. The van der Waals surface area contributed by atoms with Gasteiger partial charge in [-0.05, 0) is 42.7 Å². The second kappa shape index (κ2) is 8.91. The van der Waals surface area contributed by atoms with E-state index in [1.807, 2.05) is 53.4 Å². The monoisotopic (exact) mass is 410 g/mol. The predicted octanol–water partition coefficient (Wildman–Crippen LogP) is 4.28. The van der Waals surface area contributed by atoms with Gasteiger partial charge in [0.25, 0.3) is 0 Å². The van der Waals surface area contributed by atoms with Gasteiger partial charge in [0.1, 0.15) is 12.3 Å². The van der Waals surface area contributed by atoms with Gasteiger partial charge in [-0.3, -0.25) is 9.59 Å². The van der Waals surface area contributed by atoms with E-state index in [2.05, 4.69) is 0 Å². The Hall–Kier alpha value is -2.47. The van der Waals surface area contributed by atoms with Crippen molar-refractivity contribution in [3.8, 4) is 5.75 Å². The number of benzene rings is 2. The topological polar surface area (TPSA) is 49.9 Å². The molecule has 0 aliphatic carbocycles. The van der Waals surface area contributed by atoms with Gasteiger partial charge in [0.15, 0.2) is 0 Å². The normalized spacial score (nSPS) is 19.5. The fourth-order valence-electron chi connectivity index (χ4n) is 4.13. The van der Waals surface area contributed by atoms with Crippen LogP contribution in [0.3, 0.4) is 0 Å². The maximum atomic E-state index is 13.4. The minimum absolute atomic E-state index is 0.00197. The number of para-hydroxylation sites is 1. The molecule has 1 unspecified atom stereocenters. The van der Waals surface area contributed by atoms with Crippen LogP contribution in [-0.4, -0.2) is 42.7 Å². The van der Waals surface area contributed by atoms with Crippen LogP contribution in [0.15, 0.2) is 53.4 Å². The Morgan fingerprint density at radius 3 is 2.69 bits per heavy atom. The average molecular weight is 411 g/mol. The van der Waals surface area contributed by atoms with E-state index < -0.39 is 0 Å². The number of carbonyl (C=O) groups excluding carboxylic acids is 2. The van der Waals surface area contributed by atoms with Crippen molar-refractivity contribution in [2.45, 2.75) is 36.6 Å². The van der Waals surface area contributed by atoms with E-state index in [1.165, 1.54) is 11.8 Å². The summed E-state index contributed by atoms with van der Waals surface area (Å²) < 4.78 is 5.27. The number of ether oxygens (including phenoxy) is 1. The van der Waals surface area contributed by atoms with E-state index in [0.29, 0.717) is 5.75 Å². The van der Waals surface area contributed by atoms with Crippen LogP contribution in [0.25, 0.3) is 0 Å². The van der Waals surface area contributed by atoms with Crippen LogP contribution in [0.5, 0.6) is 5.75 Å². The van der Waals surface area contributed by atoms with Gasteiger partial charge in [-0.1, -0.05) is 37.1 Å². The molecule has 0 bridgehead atoms. The van der Waals surface area contributed by atoms with Crippen molar-refractivity contribution < 1.29 is 14.3 Å². The van der Waals surface area contributed by atoms with E-state index in [4.69, 9.17) is 4.74 Å². The molecule has 0 radical (unpaired) electrons. The van der Waals surface area contributed by atoms with Crippen LogP contribution < -0.4 is 9.64 Å². The number of anilines is 1. The van der Waals surface area contributed by atoms with Gasteiger partial charge < -0.3 is 14.5 Å². The summed E-state index contributed by atoms with van der Waals surface area (Å²) in [6.07, 6.45) is 4.17. The summed E-state index contributed by atoms with van der Waals surface area (Å²) in [4.78, 5) is 30.7. The predicted molar refractivity (Wildman–Crippen MR) is 115 cm³/mol. The highest BCUT2D eigenvalue weighted by Gasteiger charge is 2.31. The smallest absolute Gasteiger partial charge is 0.243 e. The molecule has 2 aromatic rings. The second-order valence-corrected chi connectivity index (χ2v) is 8.48. The van der Waals surface area contributed by atoms with Crippen molar-refractivity contribution in [3.05, 3.63) is 54.1 Å². The van der Waals surface area contributed by atoms with E-state index in [-0.39, 0.29) is 24.4 Å². The molecule has 2 aliphatic heterocycles. The van der Waals surface area contributed by atoms with Gasteiger partial charge in [-0.2, -0.15) is 0 Å². The van der Waals surface area contributed by atoms with Crippen LogP contribution in [-0.2, 0) is 9.59 Å². The molecular formula is C23H26N2O3S. The van der Waals surface area contributed by atoms with Gasteiger partial charge in [-0.15, -0.1) is 11.8 Å². The van der Waals surface area contributed by atoms with Crippen molar-refractivity contribution in [3.63, 3.8) is 0 Å². The average Bonchev–Trinajstić information content (AvgIpc) is 3.02. The molecular weight excluding hydrogens is 384 g/mol. The molecule has 2 amide bonds. The molecule has 6 heteroatoms. The summed E-state index contributed by atoms with van der Waals surface area (Å²) in [6, 6.07) is 15.9. The van der Waals surface area contributed by atoms with Crippen LogP contribution in [0.1, 0.15) is 37.3 Å². The highest BCUT2D eigenvalue weighted by atomic mass is 32.2. The summed E-state index contributed by atoms with van der Waals surface area (Å²) in [7, 11) is 1.66. The molecule has 2 heterocycles. The fourth-order valence-corrected chi connectivity index (χ4v) is 5.07. The Balaban J connectivity index is 1.57. The van der Waals surface area contributed by atoms with Crippen LogP contribution in [0.4, 0.5) is 5.69 Å². The number of hydrogen-bond donors (Lipinski definition) is 0. The molecule has 29 heavy (non-hydrogen) atoms. The first-order valence-corrected chi connectivity index (χ1v) is 11.1. The van der Waals surface area contributed by atoms with E-state index in [1.54, 1.807) is 12.0 Å². The lowest BCUT2D eigenvalue weighted by Gasteiger charge is -2.34. The van der Waals surface area contributed by atoms with Gasteiger partial charge in [0.05, 0.1) is 24.6 Å². The van der Waals surface area contributed by atoms with Gasteiger partial charge in [-0.25, -0.2) is 0 Å². The molecule has 1 atom stereocenters. The Morgan fingerprint density at radius 1 is 1.10 bits per heavy atom. The number of thioether (sulfide) groups is 1. The summed E-state index contributed by atoms with van der Waals surface area (Å²) >= 11 is 1.54. The van der Waals surface area contributed by atoms with Crippen LogP contribution >= 0.6 is 11.8 Å². The third-order valence-electron chi connectivity index (χ3n) is 5.68. The molecule has 152 valence electrons. The number of nitrogens with zero attached hydrogens (tertiary/aromatic N) is 2. The van der Waals surface area contributed by atoms with Gasteiger partial charge in [0, 0.05) is 11.4 Å². The number of rotatable bonds is 4. The van der Waals surface area contributed by atoms with Gasteiger partial charge in [0.2, 0.25) is 11.8 Å². The standard InChI is InChI=1S/C23H26N2O3S/c1-28-18-12-10-17(11-13-18)19-7-3-2-6-14-24(19)22(26)15-25-20-8-4-5-9-21(20)29-16-23(25)27/h4-5,8-13,19H,2-3,6-7,14-16H2,1H3. The second-order valence-electron chi connectivity index (χ2n) is 7.46. The number of hydrogen-bond acceptors (Lipinski definition) is 4. The highest BCUT2D eigenvalue weighted by Crippen LogP contribution is 2.36. The molecule has 1 fully saturated rings. The van der Waals surface area contributed by atoms with E-state index in [9.17, 15) is 9.59 Å². The Labute approximate surface area is 176 Å². The Bertz CT molecular complexity index is 884. The summed E-state index contributed by atoms with van der Waals surface area (Å²) in [6.45, 7) is 0.830. The molecule has 1 saturated heterocycles. The lowest BCUT2D eigenvalue weighted by Crippen LogP contribution is -2.46. The largest absolute Gasteiger partial charge is 0.497 e. The Morgan fingerprint density at radius 2 is 1.90 bits per heavy atom. The molecule has 0 saturated carbocycles. The number of carbonyl (C=O) groups is 2. The highest BCUT2D eigenvalue weighted by molar-refractivity contribution is 8.00. The summed E-state index contributed by atoms with van der Waals surface area (Å²) in [5.41, 5.74) is 1.97. The van der Waals surface area contributed by atoms with E-state index in [0.717, 1.165) is 54.1 Å². The lowest BCUT2D eigenvalue weighted by molar-refractivity contribution is -0.133. The molecule has 2 aliphatic rings. The fraction of sp³-hybridized carbons (Fsp3) is 0.391. The van der Waals surface area contributed by atoms with Crippen molar-refractivity contribution in [2.75, 3.05) is 30.9 Å². The molecule has 5 nitrogen and oxygen atoms in total. The van der Waals surface area contributed by atoms with Crippen LogP contribution in [0, 0.1) is 0 Å². The van der Waals surface area contributed by atoms with Crippen LogP contribution in [0.2, 0.25) is 0 Å². The maximum absolute atomic E-state index is 13.4. The number of methoxy groups -OCH3 is 1. The third-order valence-corrected chi connectivity index (χ3v) is 6.72. The first kappa shape index (κ1) is 19.8. The van der Waals surface area contributed by atoms with Crippen molar-refractivity contribution in [1.82, 2.24) is 4.90 Å². The quantitative estimate of drug-likeness (QED) is 0.755. The maximum Gasteiger partial charge on any atom is 0.243 e. The minimum Gasteiger partial charge on any atom is -0.497 e. The molecule has 0 aromatic heterocycles. The number of amides is 2. The van der Waals surface area contributed by atoms with Gasteiger partial charge >= 0.3 is 0 Å². The summed E-state index contributed by atoms with van der Waals surface area (Å²) in [5, 5.41) is 0. The zero-order chi connectivity index (χ0) is 20.2. The van der Waals surface area contributed by atoms with E-state index >= 15 is 0 Å². The molecule has 0 N–H and O–H groups in total. The lowest BCUT2D eigenvalue weighted by atomic mass is 10.0. The zero-order valence-corrected chi connectivity index (χ0v) is 17.5. The first-order valence-electron chi connectivity index (χ1n) is 10.1. The third kappa shape index (κ3) is 4.27. The molecule has 2 aromatic carbocycles.